The van der Waals surface area contributed by atoms with Crippen molar-refractivity contribution in [1.82, 2.24) is 70.2 Å². The normalized spacial score (nSPS) is 24.8. The summed E-state index contributed by atoms with van der Waals surface area (Å²) >= 11 is 2.90. The van der Waals surface area contributed by atoms with E-state index in [-0.39, 0.29) is 94.0 Å². The Hall–Kier alpha value is -10.8. The zero-order valence-corrected chi connectivity index (χ0v) is 79.4. The number of amides is 8. The number of aromatic nitrogens is 4. The Morgan fingerprint density at radius 1 is 0.615 bits per heavy atom. The summed E-state index contributed by atoms with van der Waals surface area (Å²) in [4.78, 5) is 135. The number of carbonyl (C=O) groups is 8. The van der Waals surface area contributed by atoms with Gasteiger partial charge in [0.2, 0.25) is 43.7 Å². The molecule has 3 aromatic carbocycles. The molecule has 4 aromatic heterocycles. The second-order valence-corrected chi connectivity index (χ2v) is 43.5. The molecule has 10 N–H and O–H groups in total. The molecule has 7 aliphatic rings. The lowest BCUT2D eigenvalue weighted by Gasteiger charge is -2.35. The lowest BCUT2D eigenvalue weighted by molar-refractivity contribution is -0.146. The van der Waals surface area contributed by atoms with Gasteiger partial charge >= 0.3 is 24.0 Å². The number of allylic oxidation sites excluding steroid dienone is 2. The van der Waals surface area contributed by atoms with Crippen LogP contribution in [0.3, 0.4) is 0 Å². The van der Waals surface area contributed by atoms with Crippen molar-refractivity contribution >= 4 is 122 Å². The molecule has 0 spiro atoms. The third-order valence-corrected chi connectivity index (χ3v) is 30.3. The Balaban J connectivity index is 0.000000222. The Kier molecular flexibility index (Phi) is 29.8. The number of pyridine rings is 2. The molecular formula is C92H122N16O18S4. The van der Waals surface area contributed by atoms with Gasteiger partial charge < -0.3 is 81.5 Å². The average molecular weight is 1870 g/mol. The van der Waals surface area contributed by atoms with E-state index in [1.165, 1.54) is 48.1 Å². The lowest BCUT2D eigenvalue weighted by atomic mass is 9.86. The van der Waals surface area contributed by atoms with Gasteiger partial charge in [0.15, 0.2) is 10.3 Å². The number of rotatable bonds is 24. The summed E-state index contributed by atoms with van der Waals surface area (Å²) in [5.74, 6) is -3.46. The van der Waals surface area contributed by atoms with Crippen LogP contribution in [-0.2, 0) is 55.4 Å². The smallest absolute Gasteiger partial charge is 0.330 e. The van der Waals surface area contributed by atoms with Crippen LogP contribution in [0.25, 0.3) is 44.6 Å². The van der Waals surface area contributed by atoms with Crippen molar-refractivity contribution in [2.24, 2.45) is 22.7 Å². The molecule has 9 heterocycles. The minimum Gasteiger partial charge on any atom is -0.497 e. The first-order chi connectivity index (χ1) is 61.6. The predicted molar refractivity (Wildman–Crippen MR) is 497 cm³/mol. The molecule has 2 saturated carbocycles. The van der Waals surface area contributed by atoms with E-state index in [1.54, 1.807) is 81.8 Å². The number of aliphatic carboxylic acids is 2. The van der Waals surface area contributed by atoms with Crippen molar-refractivity contribution in [2.45, 2.75) is 249 Å². The van der Waals surface area contributed by atoms with Crippen LogP contribution in [0.5, 0.6) is 23.0 Å². The molecule has 12 atom stereocenters. The number of ether oxygens (including phenoxy) is 4. The van der Waals surface area contributed by atoms with Gasteiger partial charge in [0, 0.05) is 121 Å². The number of hydrogen-bond donors (Lipinski definition) is 10. The van der Waals surface area contributed by atoms with Crippen LogP contribution in [0, 0.1) is 22.7 Å². The highest BCUT2D eigenvalue weighted by atomic mass is 32.2. The SMILES string of the molecule is CCS(=O)(=O)N(C)C[C@@H](NC(=O)N[C@H]1CCCCC/C=C\C2C[C@@]2(C(=O)O)NC(=O)[C@@H]2C[C@@H](Oc3cc(-c4csc(NC(C)C)n4)nc4cc(OC)ccc34)CN2C1=O)C(C)(C)C.COc1ccc2c(O[C@@H]3C[C@H]4C(=O)N[C@]5(C(=O)O)CC5/C=C\CCCCC[C@H](NC(=O)N[C@H](CN5Cc6ccccc6S5(=O)=O)C(C)(C)C)C(=O)N4C3)cc(-c3csc(NC(C)C)n3)nc2c1. The van der Waals surface area contributed by atoms with Gasteiger partial charge in [-0.3, -0.25) is 19.2 Å². The molecule has 2 unspecified atom stereocenters. The first kappa shape index (κ1) is 96.7. The molecule has 702 valence electrons. The second kappa shape index (κ2) is 40.1. The Bertz CT molecular complexity index is 5680. The van der Waals surface area contributed by atoms with Crippen molar-refractivity contribution in [2.75, 3.05) is 63.8 Å². The molecule has 34 nitrogen and oxygen atoms in total. The van der Waals surface area contributed by atoms with Crippen LogP contribution < -0.4 is 61.5 Å². The number of anilines is 2. The van der Waals surface area contributed by atoms with E-state index in [2.05, 4.69) is 42.5 Å². The van der Waals surface area contributed by atoms with Crippen LogP contribution in [0.4, 0.5) is 19.9 Å². The number of carbonyl (C=O) groups excluding carboxylic acids is 6. The van der Waals surface area contributed by atoms with E-state index in [1.807, 2.05) is 116 Å². The molecule has 5 aliphatic heterocycles. The Morgan fingerprint density at radius 2 is 1.06 bits per heavy atom. The fourth-order valence-corrected chi connectivity index (χ4v) is 21.3. The summed E-state index contributed by atoms with van der Waals surface area (Å²) < 4.78 is 79.6. The highest BCUT2D eigenvalue weighted by molar-refractivity contribution is 7.89. The van der Waals surface area contributed by atoms with Gasteiger partial charge in [-0.25, -0.2) is 60.3 Å². The zero-order chi connectivity index (χ0) is 93.7. The van der Waals surface area contributed by atoms with Gasteiger partial charge in [0.1, 0.15) is 81.8 Å². The van der Waals surface area contributed by atoms with Crippen LogP contribution in [0.1, 0.15) is 172 Å². The molecule has 130 heavy (non-hydrogen) atoms. The summed E-state index contributed by atoms with van der Waals surface area (Å²) in [7, 11) is -2.75. The highest BCUT2D eigenvalue weighted by Crippen LogP contribution is 2.48. The van der Waals surface area contributed by atoms with Crippen molar-refractivity contribution < 1.29 is 84.4 Å². The molecule has 8 amide bonds. The van der Waals surface area contributed by atoms with Gasteiger partial charge in [0.25, 0.3) is 0 Å². The summed E-state index contributed by atoms with van der Waals surface area (Å²) in [5, 5.41) is 51.3. The molecule has 0 bridgehead atoms. The lowest BCUT2D eigenvalue weighted by Crippen LogP contribution is -2.59. The van der Waals surface area contributed by atoms with Gasteiger partial charge in [-0.1, -0.05) is 110 Å². The second-order valence-electron chi connectivity index (χ2n) is 37.5. The molecule has 0 radical (unpaired) electrons. The third kappa shape index (κ3) is 22.5. The first-order valence-corrected chi connectivity index (χ1v) is 49.4. The quantitative estimate of drug-likeness (QED) is 0.0251. The summed E-state index contributed by atoms with van der Waals surface area (Å²) in [6, 6.07) is 14.5. The Morgan fingerprint density at radius 3 is 1.48 bits per heavy atom. The van der Waals surface area contributed by atoms with Gasteiger partial charge in [-0.2, -0.15) is 4.31 Å². The van der Waals surface area contributed by atoms with Gasteiger partial charge in [-0.15, -0.1) is 22.7 Å². The summed E-state index contributed by atoms with van der Waals surface area (Å²) in [6.45, 7) is 21.1. The fraction of sp³-hybridized carbons (Fsp3) is 0.543. The van der Waals surface area contributed by atoms with E-state index in [0.29, 0.717) is 98.8 Å². The van der Waals surface area contributed by atoms with Crippen molar-refractivity contribution in [3.8, 4) is 45.8 Å². The molecule has 7 aromatic rings. The largest absolute Gasteiger partial charge is 0.497 e. The molecule has 14 rings (SSSR count). The minimum absolute atomic E-state index is 0.00354. The first-order valence-electron chi connectivity index (χ1n) is 44.6. The van der Waals surface area contributed by atoms with Crippen LogP contribution >= 0.6 is 22.7 Å². The number of thiazole rings is 2. The Labute approximate surface area is 767 Å². The van der Waals surface area contributed by atoms with Gasteiger partial charge in [-0.05, 0) is 133 Å². The maximum absolute atomic E-state index is 15.0. The molecule has 38 heteroatoms. The molecule has 4 fully saturated rings. The van der Waals surface area contributed by atoms with Gasteiger partial charge in [0.05, 0.1) is 60.4 Å². The fourth-order valence-electron chi connectivity index (χ4n) is 17.2. The number of nitrogens with zero attached hydrogens (tertiary/aromatic N) is 8. The van der Waals surface area contributed by atoms with E-state index in [4.69, 9.17) is 38.9 Å². The topological polar surface area (TPSA) is 443 Å². The summed E-state index contributed by atoms with van der Waals surface area (Å²) in [5.41, 5.74) is -0.0282. The van der Waals surface area contributed by atoms with E-state index in [0.717, 1.165) is 35.9 Å². The van der Waals surface area contributed by atoms with E-state index < -0.39 is 150 Å². The maximum atomic E-state index is 15.0. The number of urea groups is 2. The number of methoxy groups -OCH3 is 2. The molecule has 2 aliphatic carbocycles. The molecular weight excluding hydrogens is 1750 g/mol. The number of fused-ring (bicyclic) bond motifs is 7. The predicted octanol–water partition coefficient (Wildman–Crippen LogP) is 11.7. The summed E-state index contributed by atoms with van der Waals surface area (Å²) in [6.07, 6.45) is 12.7. The van der Waals surface area contributed by atoms with Crippen LogP contribution in [-0.4, -0.2) is 238 Å². The average Bonchev–Trinajstić information content (AvgIpc) is 1.58. The number of nitrogens with one attached hydrogen (secondary N) is 8. The standard InChI is InChI=1S/C48H60N8O9S2.C44H62N8O9S2/c1-28(2)49-46-52-37(27-66-46)36-22-39(33-19-18-31(64-6)20-35(33)50-36)65-32-21-38-42(57)54-48(44(59)60)23-30(48)15-10-8-7-9-11-16-34(43(58)56(38)25-32)51-45(61)53-41(47(3,4)5)26-55-24-29-14-12-13-17-40(29)67(55,62)63;1-9-63(58,59)51(7)24-37(43(4,5)6)49-41(57)47-31-16-14-12-10-11-13-15-27-22-44(27,40(55)56)50-38(53)35-20-29(23-52(35)39(31)54)61-36-21-33(34-25-62-42(48-34)45-26(2)3)46-32-19-28(60-8)17-18-30(32)36/h10,12-15,17-20,22,27-28,30,32,34,38,41H,7-9,11,16,21,23-26H2,1-6H3,(H,49,52)(H,54,57)(H,59,60)(H2,51,53,61);13,15,17-19,21,25-27,29,31,35,37H,9-12,14,16,20,22-24H2,1-8H3,(H,45,48)(H,50,53)(H,55,56)(H2,47,49,57)/b15-10-;15-13-/t30?,32-,34+,38+,41-,48-;27?,29-,31+,35+,37-,44-/m11/s1. The minimum atomic E-state index is -3.80. The number of carboxylic acids is 2. The highest BCUT2D eigenvalue weighted by Gasteiger charge is 2.63. The van der Waals surface area contributed by atoms with E-state index >= 15 is 4.79 Å². The number of likely N-dealkylation sites (N-methyl/N-ethyl adjacent to an activating group) is 1. The van der Waals surface area contributed by atoms with Crippen LogP contribution in [0.15, 0.2) is 113 Å². The monoisotopic (exact) mass is 1870 g/mol. The van der Waals surface area contributed by atoms with Crippen molar-refractivity contribution in [3.05, 3.63) is 113 Å². The van der Waals surface area contributed by atoms with Crippen LogP contribution in [0.2, 0.25) is 0 Å². The van der Waals surface area contributed by atoms with E-state index in [9.17, 15) is 60.6 Å². The van der Waals surface area contributed by atoms with Crippen molar-refractivity contribution in [3.63, 3.8) is 0 Å². The number of hydrogen-bond acceptors (Lipinski definition) is 24. The van der Waals surface area contributed by atoms with Crippen molar-refractivity contribution in [1.29, 1.82) is 0 Å². The number of benzene rings is 3. The third-order valence-electron chi connectivity index (χ3n) is 25.1. The number of carboxylic acid groups (broad SMARTS) is 2. The maximum Gasteiger partial charge on any atom is 0.330 e. The zero-order valence-electron chi connectivity index (χ0n) is 76.1. The number of sulfonamides is 2. The molecule has 2 saturated heterocycles.